The molecule has 1 atom stereocenters. The maximum Gasteiger partial charge on any atom is 0.491 e. The molecule has 0 aliphatic rings. The van der Waals surface area contributed by atoms with Crippen molar-refractivity contribution in [2.75, 3.05) is 17.3 Å². The summed E-state index contributed by atoms with van der Waals surface area (Å²) in [6, 6.07) is 17.9. The van der Waals surface area contributed by atoms with E-state index in [4.69, 9.17) is 15.9 Å². The molecule has 194 valence electrons. The molecule has 1 unspecified atom stereocenters. The second kappa shape index (κ2) is 11.8. The molecule has 1 amide bonds. The number of esters is 1. The topological polar surface area (TPSA) is 139 Å². The summed E-state index contributed by atoms with van der Waals surface area (Å²) in [4.78, 5) is 24.5. The van der Waals surface area contributed by atoms with Crippen LogP contribution in [0.25, 0.3) is 0 Å². The fourth-order valence-electron chi connectivity index (χ4n) is 3.15. The van der Waals surface area contributed by atoms with Gasteiger partial charge < -0.3 is 20.5 Å². The molecule has 0 aliphatic heterocycles. The number of para-hydroxylation sites is 1. The van der Waals surface area contributed by atoms with Gasteiger partial charge in [0.2, 0.25) is 0 Å². The molecular formula is C25H24F3N5O4. The van der Waals surface area contributed by atoms with Gasteiger partial charge in [-0.3, -0.25) is 21.1 Å². The zero-order valence-corrected chi connectivity index (χ0v) is 19.6. The van der Waals surface area contributed by atoms with E-state index in [0.717, 1.165) is 6.07 Å². The number of amidine groups is 1. The number of rotatable bonds is 10. The number of nitrogen functional groups attached to an aromatic ring is 1. The predicted molar refractivity (Wildman–Crippen MR) is 131 cm³/mol. The fraction of sp³-hybridized carbons (Fsp3) is 0.160. The Hall–Kier alpha value is -4.74. The van der Waals surface area contributed by atoms with Crippen LogP contribution in [0.5, 0.6) is 11.5 Å². The summed E-state index contributed by atoms with van der Waals surface area (Å²) in [5.74, 6) is -3.66. The molecule has 9 nitrogen and oxygen atoms in total. The fourth-order valence-corrected chi connectivity index (χ4v) is 3.15. The average molecular weight is 515 g/mol. The van der Waals surface area contributed by atoms with E-state index in [0.29, 0.717) is 22.5 Å². The maximum absolute atomic E-state index is 13.2. The summed E-state index contributed by atoms with van der Waals surface area (Å²) in [6.07, 6.45) is -5.19. The first-order valence-electron chi connectivity index (χ1n) is 11.0. The van der Waals surface area contributed by atoms with E-state index in [1.165, 1.54) is 12.1 Å². The van der Waals surface area contributed by atoms with E-state index in [9.17, 15) is 22.8 Å². The number of nitrogens with one attached hydrogen (secondary N) is 4. The van der Waals surface area contributed by atoms with Gasteiger partial charge in [0, 0.05) is 11.3 Å². The van der Waals surface area contributed by atoms with E-state index in [1.54, 1.807) is 55.5 Å². The zero-order chi connectivity index (χ0) is 27.0. The van der Waals surface area contributed by atoms with E-state index in [1.807, 2.05) is 6.07 Å². The lowest BCUT2D eigenvalue weighted by Gasteiger charge is -2.22. The number of ether oxygens (including phenoxy) is 2. The molecule has 3 aromatic carbocycles. The van der Waals surface area contributed by atoms with Gasteiger partial charge in [-0.25, -0.2) is 4.79 Å². The van der Waals surface area contributed by atoms with E-state index in [2.05, 4.69) is 20.9 Å². The summed E-state index contributed by atoms with van der Waals surface area (Å²) >= 11 is 0. The third kappa shape index (κ3) is 7.37. The number of hydrogen-bond donors (Lipinski definition) is 5. The first-order chi connectivity index (χ1) is 17.6. The number of benzene rings is 3. The van der Waals surface area contributed by atoms with Crippen molar-refractivity contribution >= 4 is 29.1 Å². The smallest absolute Gasteiger partial charge is 0.490 e. The van der Waals surface area contributed by atoms with Crippen molar-refractivity contribution in [3.63, 3.8) is 0 Å². The first kappa shape index (κ1) is 26.9. The lowest BCUT2D eigenvalue weighted by Crippen LogP contribution is -2.37. The first-order valence-corrected chi connectivity index (χ1v) is 11.0. The molecule has 0 radical (unpaired) electrons. The Morgan fingerprint density at radius 2 is 1.65 bits per heavy atom. The second-order valence-electron chi connectivity index (χ2n) is 7.58. The van der Waals surface area contributed by atoms with E-state index >= 15 is 0 Å². The molecule has 6 N–H and O–H groups in total. The van der Waals surface area contributed by atoms with Gasteiger partial charge in [0.25, 0.3) is 5.91 Å². The van der Waals surface area contributed by atoms with Crippen LogP contribution in [-0.4, -0.2) is 30.5 Å². The Labute approximate surface area is 210 Å². The number of hydrazine groups is 1. The largest absolute Gasteiger partial charge is 0.491 e. The van der Waals surface area contributed by atoms with Gasteiger partial charge in [-0.15, -0.1) is 0 Å². The number of carbonyl (C=O) groups excluding carboxylic acids is 2. The Balaban J connectivity index is 1.92. The molecule has 0 aromatic heterocycles. The van der Waals surface area contributed by atoms with Crippen molar-refractivity contribution in [1.82, 2.24) is 5.43 Å². The minimum Gasteiger partial charge on any atom is -0.490 e. The zero-order valence-electron chi connectivity index (χ0n) is 19.6. The number of alkyl halides is 3. The van der Waals surface area contributed by atoms with E-state index < -0.39 is 29.8 Å². The predicted octanol–water partition coefficient (Wildman–Crippen LogP) is 4.13. The number of anilines is 2. The highest BCUT2D eigenvalue weighted by Crippen LogP contribution is 2.33. The standard InChI is InChI=1S/C25H24F3N5O4/c1-2-36-20-14-16(10-13-19(20)37-24(35)25(26,27)28)21(23(34)33-32-18-6-4-3-5-7-18)31-17-11-8-15(9-12-17)22(29)30/h3-14,21,31-32H,2H2,1H3,(H3,29,30)(H,33,34). The molecule has 0 aliphatic carbocycles. The molecular weight excluding hydrogens is 491 g/mol. The number of hydrogen-bond acceptors (Lipinski definition) is 7. The van der Waals surface area contributed by atoms with Gasteiger partial charge in [-0.05, 0) is 61.0 Å². The molecule has 3 aromatic rings. The summed E-state index contributed by atoms with van der Waals surface area (Å²) in [5.41, 5.74) is 12.8. The number of nitrogens with two attached hydrogens (primary N) is 1. The van der Waals surface area contributed by atoms with Crippen LogP contribution in [-0.2, 0) is 9.59 Å². The maximum atomic E-state index is 13.2. The van der Waals surface area contributed by atoms with Crippen LogP contribution in [0.1, 0.15) is 24.1 Å². The van der Waals surface area contributed by atoms with Gasteiger partial charge in [0.05, 0.1) is 12.3 Å². The van der Waals surface area contributed by atoms with Crippen molar-refractivity contribution in [3.05, 3.63) is 83.9 Å². The quantitative estimate of drug-likeness (QED) is 0.0900. The van der Waals surface area contributed by atoms with Crippen LogP contribution in [0.2, 0.25) is 0 Å². The summed E-state index contributed by atoms with van der Waals surface area (Å²) in [5, 5.41) is 10.6. The van der Waals surface area contributed by atoms with Crippen LogP contribution in [0.3, 0.4) is 0 Å². The van der Waals surface area contributed by atoms with Crippen molar-refractivity contribution < 1.29 is 32.2 Å². The minimum atomic E-state index is -5.19. The van der Waals surface area contributed by atoms with Crippen LogP contribution >= 0.6 is 0 Å². The molecule has 12 heteroatoms. The molecule has 0 heterocycles. The molecule has 0 bridgehead atoms. The monoisotopic (exact) mass is 515 g/mol. The Morgan fingerprint density at radius 3 is 2.24 bits per heavy atom. The minimum absolute atomic E-state index is 0.0619. The highest BCUT2D eigenvalue weighted by molar-refractivity contribution is 5.95. The Morgan fingerprint density at radius 1 is 0.973 bits per heavy atom. The van der Waals surface area contributed by atoms with E-state index in [-0.39, 0.29) is 18.2 Å². The Bertz CT molecular complexity index is 1250. The molecule has 0 saturated carbocycles. The van der Waals surface area contributed by atoms with Crippen molar-refractivity contribution in [2.45, 2.75) is 19.1 Å². The van der Waals surface area contributed by atoms with Crippen LogP contribution in [0.4, 0.5) is 24.5 Å². The van der Waals surface area contributed by atoms with Crippen LogP contribution in [0.15, 0.2) is 72.8 Å². The highest BCUT2D eigenvalue weighted by atomic mass is 19.4. The Kier molecular flexibility index (Phi) is 8.56. The lowest BCUT2D eigenvalue weighted by molar-refractivity contribution is -0.189. The molecule has 0 saturated heterocycles. The summed E-state index contributed by atoms with van der Waals surface area (Å²) in [7, 11) is 0. The number of amides is 1. The summed E-state index contributed by atoms with van der Waals surface area (Å²) < 4.78 is 48.0. The highest BCUT2D eigenvalue weighted by Gasteiger charge is 2.42. The SMILES string of the molecule is CCOc1cc(C(Nc2ccc(C(=N)N)cc2)C(=O)NNc2ccccc2)ccc1OC(=O)C(F)(F)F. The third-order valence-corrected chi connectivity index (χ3v) is 4.91. The third-order valence-electron chi connectivity index (χ3n) is 4.91. The molecule has 0 spiro atoms. The molecule has 37 heavy (non-hydrogen) atoms. The average Bonchev–Trinajstić information content (AvgIpc) is 2.87. The normalized spacial score (nSPS) is 11.7. The van der Waals surface area contributed by atoms with Crippen molar-refractivity contribution in [2.24, 2.45) is 5.73 Å². The number of halogens is 3. The second-order valence-corrected chi connectivity index (χ2v) is 7.58. The number of carbonyl (C=O) groups is 2. The lowest BCUT2D eigenvalue weighted by atomic mass is 10.0. The van der Waals surface area contributed by atoms with Gasteiger partial charge in [-0.2, -0.15) is 13.2 Å². The van der Waals surface area contributed by atoms with Gasteiger partial charge in [0.15, 0.2) is 11.5 Å². The van der Waals surface area contributed by atoms with Crippen molar-refractivity contribution in [1.29, 1.82) is 5.41 Å². The molecule has 0 fully saturated rings. The molecule has 3 rings (SSSR count). The van der Waals surface area contributed by atoms with Crippen LogP contribution in [0, 0.1) is 5.41 Å². The van der Waals surface area contributed by atoms with Gasteiger partial charge in [0.1, 0.15) is 11.9 Å². The van der Waals surface area contributed by atoms with Crippen molar-refractivity contribution in [3.8, 4) is 11.5 Å². The van der Waals surface area contributed by atoms with Crippen LogP contribution < -0.4 is 31.4 Å². The van der Waals surface area contributed by atoms with Gasteiger partial charge in [-0.1, -0.05) is 24.3 Å². The summed E-state index contributed by atoms with van der Waals surface area (Å²) in [6.45, 7) is 1.66. The van der Waals surface area contributed by atoms with Gasteiger partial charge >= 0.3 is 12.1 Å².